The normalized spacial score (nSPS) is 10.1. The predicted octanol–water partition coefficient (Wildman–Crippen LogP) is 2.62. The summed E-state index contributed by atoms with van der Waals surface area (Å²) in [5, 5.41) is 2.97. The molecule has 0 saturated carbocycles. The van der Waals surface area contributed by atoms with Crippen molar-refractivity contribution in [1.82, 2.24) is 9.97 Å². The number of carbonyl (C=O) groups excluding carboxylic acids is 1. The van der Waals surface area contributed by atoms with Crippen molar-refractivity contribution in [3.05, 3.63) is 47.0 Å². The Morgan fingerprint density at radius 3 is 3.06 bits per heavy atom. The van der Waals surface area contributed by atoms with Crippen LogP contribution in [0.2, 0.25) is 5.15 Å². The molecule has 4 nitrogen and oxygen atoms in total. The molecule has 0 aliphatic heterocycles. The van der Waals surface area contributed by atoms with Crippen molar-refractivity contribution >= 4 is 23.2 Å². The molecular formula is C11H10ClN3O. The number of aryl methyl sites for hydroxylation is 1. The number of carbonyl (C=O) groups is 1. The maximum atomic E-state index is 11.7. The van der Waals surface area contributed by atoms with Crippen LogP contribution in [0, 0.1) is 6.92 Å². The van der Waals surface area contributed by atoms with Crippen molar-refractivity contribution in [1.29, 1.82) is 0 Å². The number of anilines is 1. The summed E-state index contributed by atoms with van der Waals surface area (Å²) in [6.45, 7) is 1.88. The minimum atomic E-state index is -0.237. The van der Waals surface area contributed by atoms with Crippen molar-refractivity contribution in [2.24, 2.45) is 0 Å². The van der Waals surface area contributed by atoms with Gasteiger partial charge in [-0.3, -0.25) is 4.79 Å². The van der Waals surface area contributed by atoms with E-state index >= 15 is 0 Å². The Bertz CT molecular complexity index is 508. The molecule has 2 heterocycles. The number of halogens is 1. The zero-order valence-electron chi connectivity index (χ0n) is 8.62. The molecule has 2 aromatic rings. The Morgan fingerprint density at radius 2 is 2.38 bits per heavy atom. The van der Waals surface area contributed by atoms with Crippen LogP contribution in [0.4, 0.5) is 5.69 Å². The van der Waals surface area contributed by atoms with Crippen molar-refractivity contribution in [2.45, 2.75) is 6.92 Å². The first-order valence-electron chi connectivity index (χ1n) is 4.73. The lowest BCUT2D eigenvalue weighted by molar-refractivity contribution is 0.102. The topological polar surface area (TPSA) is 57.8 Å². The number of hydrogen-bond acceptors (Lipinski definition) is 2. The van der Waals surface area contributed by atoms with Gasteiger partial charge in [0.1, 0.15) is 5.69 Å². The highest BCUT2D eigenvalue weighted by Gasteiger charge is 2.09. The monoisotopic (exact) mass is 235 g/mol. The molecule has 0 spiro atoms. The molecule has 0 atom stereocenters. The van der Waals surface area contributed by atoms with Crippen LogP contribution < -0.4 is 5.32 Å². The van der Waals surface area contributed by atoms with E-state index in [1.807, 2.05) is 6.92 Å². The molecular weight excluding hydrogens is 226 g/mol. The second-order valence-electron chi connectivity index (χ2n) is 3.39. The molecule has 0 aliphatic carbocycles. The number of amides is 1. The number of aromatic nitrogens is 2. The van der Waals surface area contributed by atoms with E-state index in [0.717, 1.165) is 5.56 Å². The van der Waals surface area contributed by atoms with Crippen molar-refractivity contribution in [2.75, 3.05) is 5.32 Å². The summed E-state index contributed by atoms with van der Waals surface area (Å²) in [7, 11) is 0. The second-order valence-corrected chi connectivity index (χ2v) is 3.75. The third-order valence-corrected chi connectivity index (χ3v) is 2.37. The molecule has 0 aromatic carbocycles. The molecule has 1 amide bonds. The molecule has 0 bridgehead atoms. The maximum Gasteiger partial charge on any atom is 0.272 e. The highest BCUT2D eigenvalue weighted by Crippen LogP contribution is 2.20. The van der Waals surface area contributed by atoms with Crippen LogP contribution in [0.1, 0.15) is 16.1 Å². The number of nitrogens with one attached hydrogen (secondary N) is 2. The Labute approximate surface area is 97.7 Å². The van der Waals surface area contributed by atoms with Gasteiger partial charge in [0.25, 0.3) is 5.91 Å². The largest absolute Gasteiger partial charge is 0.357 e. The SMILES string of the molecule is Cc1cnc(Cl)c(NC(=O)c2ccc[nH]2)c1. The number of aromatic amines is 1. The van der Waals surface area contributed by atoms with Crippen LogP contribution >= 0.6 is 11.6 Å². The summed E-state index contributed by atoms with van der Waals surface area (Å²) in [5.74, 6) is -0.237. The Kier molecular flexibility index (Phi) is 2.92. The number of rotatable bonds is 2. The standard InChI is InChI=1S/C11H10ClN3O/c1-7-5-9(10(12)14-6-7)15-11(16)8-3-2-4-13-8/h2-6,13H,1H3,(H,15,16). The molecule has 5 heteroatoms. The first-order valence-corrected chi connectivity index (χ1v) is 5.11. The van der Waals surface area contributed by atoms with Crippen molar-refractivity contribution in [3.8, 4) is 0 Å². The van der Waals surface area contributed by atoms with Gasteiger partial charge in [-0.05, 0) is 30.7 Å². The van der Waals surface area contributed by atoms with Gasteiger partial charge in [0.05, 0.1) is 5.69 Å². The van der Waals surface area contributed by atoms with Gasteiger partial charge >= 0.3 is 0 Å². The minimum absolute atomic E-state index is 0.237. The Balaban J connectivity index is 2.21. The fourth-order valence-electron chi connectivity index (χ4n) is 1.30. The summed E-state index contributed by atoms with van der Waals surface area (Å²) in [4.78, 5) is 18.5. The van der Waals surface area contributed by atoms with Gasteiger partial charge in [-0.2, -0.15) is 0 Å². The molecule has 82 valence electrons. The van der Waals surface area contributed by atoms with E-state index in [1.54, 1.807) is 30.6 Å². The van der Waals surface area contributed by atoms with Crippen LogP contribution in [-0.2, 0) is 0 Å². The minimum Gasteiger partial charge on any atom is -0.357 e. The Morgan fingerprint density at radius 1 is 1.56 bits per heavy atom. The molecule has 2 N–H and O–H groups in total. The number of hydrogen-bond donors (Lipinski definition) is 2. The van der Waals surface area contributed by atoms with Crippen LogP contribution in [0.5, 0.6) is 0 Å². The average Bonchev–Trinajstić information content (AvgIpc) is 2.76. The van der Waals surface area contributed by atoms with E-state index in [2.05, 4.69) is 15.3 Å². The van der Waals surface area contributed by atoms with Gasteiger partial charge in [0.2, 0.25) is 0 Å². The van der Waals surface area contributed by atoms with Gasteiger partial charge in [-0.15, -0.1) is 0 Å². The number of nitrogens with zero attached hydrogens (tertiary/aromatic N) is 1. The van der Waals surface area contributed by atoms with E-state index in [0.29, 0.717) is 11.4 Å². The molecule has 0 saturated heterocycles. The highest BCUT2D eigenvalue weighted by atomic mass is 35.5. The molecule has 0 unspecified atom stereocenters. The van der Waals surface area contributed by atoms with Crippen molar-refractivity contribution < 1.29 is 4.79 Å². The molecule has 0 fully saturated rings. The lowest BCUT2D eigenvalue weighted by Gasteiger charge is -2.06. The first kappa shape index (κ1) is 10.7. The maximum absolute atomic E-state index is 11.7. The zero-order valence-corrected chi connectivity index (χ0v) is 9.38. The van der Waals surface area contributed by atoms with E-state index in [1.165, 1.54) is 0 Å². The van der Waals surface area contributed by atoms with E-state index in [-0.39, 0.29) is 11.1 Å². The van der Waals surface area contributed by atoms with Gasteiger partial charge < -0.3 is 10.3 Å². The van der Waals surface area contributed by atoms with Gasteiger partial charge in [0, 0.05) is 12.4 Å². The Hall–Kier alpha value is -1.81. The summed E-state index contributed by atoms with van der Waals surface area (Å²) < 4.78 is 0. The smallest absolute Gasteiger partial charge is 0.272 e. The van der Waals surface area contributed by atoms with E-state index in [4.69, 9.17) is 11.6 Å². The predicted molar refractivity (Wildman–Crippen MR) is 62.7 cm³/mol. The number of H-pyrrole nitrogens is 1. The number of pyridine rings is 1. The molecule has 0 radical (unpaired) electrons. The summed E-state index contributed by atoms with van der Waals surface area (Å²) in [6, 6.07) is 5.22. The van der Waals surface area contributed by atoms with Gasteiger partial charge in [0.15, 0.2) is 5.15 Å². The second kappa shape index (κ2) is 4.37. The quantitative estimate of drug-likeness (QED) is 0.787. The summed E-state index contributed by atoms with van der Waals surface area (Å²) in [5.41, 5.74) is 1.94. The molecule has 2 rings (SSSR count). The zero-order chi connectivity index (χ0) is 11.5. The fraction of sp³-hybridized carbons (Fsp3) is 0.0909. The van der Waals surface area contributed by atoms with Crippen molar-refractivity contribution in [3.63, 3.8) is 0 Å². The van der Waals surface area contributed by atoms with E-state index < -0.39 is 0 Å². The van der Waals surface area contributed by atoms with Gasteiger partial charge in [-0.1, -0.05) is 11.6 Å². The summed E-state index contributed by atoms with van der Waals surface area (Å²) >= 11 is 5.87. The average molecular weight is 236 g/mol. The highest BCUT2D eigenvalue weighted by molar-refractivity contribution is 6.32. The van der Waals surface area contributed by atoms with E-state index in [9.17, 15) is 4.79 Å². The van der Waals surface area contributed by atoms with Crippen LogP contribution in [0.3, 0.4) is 0 Å². The summed E-state index contributed by atoms with van der Waals surface area (Å²) in [6.07, 6.45) is 3.33. The van der Waals surface area contributed by atoms with Crippen LogP contribution in [0.15, 0.2) is 30.6 Å². The lowest BCUT2D eigenvalue weighted by Crippen LogP contribution is -2.12. The molecule has 0 aliphatic rings. The molecule has 16 heavy (non-hydrogen) atoms. The third kappa shape index (κ3) is 2.23. The van der Waals surface area contributed by atoms with Crippen LogP contribution in [0.25, 0.3) is 0 Å². The van der Waals surface area contributed by atoms with Crippen LogP contribution in [-0.4, -0.2) is 15.9 Å². The molecule has 2 aromatic heterocycles. The third-order valence-electron chi connectivity index (χ3n) is 2.07. The lowest BCUT2D eigenvalue weighted by atomic mass is 10.3. The van der Waals surface area contributed by atoms with Gasteiger partial charge in [-0.25, -0.2) is 4.98 Å². The first-order chi connectivity index (χ1) is 7.66. The fourth-order valence-corrected chi connectivity index (χ4v) is 1.45.